The van der Waals surface area contributed by atoms with Gasteiger partial charge in [0, 0.05) is 32.4 Å². The number of nitrogens with one attached hydrogen (secondary N) is 3. The summed E-state index contributed by atoms with van der Waals surface area (Å²) >= 11 is 0. The molecule has 1 aromatic rings. The van der Waals surface area contributed by atoms with Crippen molar-refractivity contribution in [2.45, 2.75) is 12.5 Å². The van der Waals surface area contributed by atoms with Gasteiger partial charge in [0.05, 0.1) is 6.33 Å². The van der Waals surface area contributed by atoms with E-state index in [1.54, 1.807) is 0 Å². The minimum atomic E-state index is -1.17. The van der Waals surface area contributed by atoms with Crippen molar-refractivity contribution in [3.8, 4) is 0 Å². The summed E-state index contributed by atoms with van der Waals surface area (Å²) in [4.78, 5) is 41.7. The lowest BCUT2D eigenvalue weighted by Crippen LogP contribution is -2.49. The summed E-state index contributed by atoms with van der Waals surface area (Å²) in [5.41, 5.74) is 0.589. The number of amides is 3. The smallest absolute Gasteiger partial charge is 0.326 e. The zero-order valence-electron chi connectivity index (χ0n) is 11.2. The van der Waals surface area contributed by atoms with Gasteiger partial charge in [0.1, 0.15) is 12.6 Å². The SMILES string of the molecule is CNC(=O)CN(C)C(=O)N[C@H](Cc1cnc[nH]1)C(=O)O. The second-order valence-corrected chi connectivity index (χ2v) is 4.15. The molecular weight excluding hydrogens is 266 g/mol. The van der Waals surface area contributed by atoms with E-state index < -0.39 is 18.0 Å². The number of imidazole rings is 1. The Morgan fingerprint density at radius 1 is 1.50 bits per heavy atom. The summed E-state index contributed by atoms with van der Waals surface area (Å²) in [6.07, 6.45) is 2.99. The zero-order valence-corrected chi connectivity index (χ0v) is 11.2. The second-order valence-electron chi connectivity index (χ2n) is 4.15. The van der Waals surface area contributed by atoms with Crippen molar-refractivity contribution in [2.75, 3.05) is 20.6 Å². The van der Waals surface area contributed by atoms with Crippen LogP contribution in [0.1, 0.15) is 5.69 Å². The summed E-state index contributed by atoms with van der Waals surface area (Å²) in [6.45, 7) is -0.154. The van der Waals surface area contributed by atoms with Gasteiger partial charge < -0.3 is 25.6 Å². The predicted octanol–water partition coefficient (Wildman–Crippen LogP) is -1.21. The molecule has 0 unspecified atom stereocenters. The van der Waals surface area contributed by atoms with Crippen LogP contribution >= 0.6 is 0 Å². The number of aromatic nitrogens is 2. The number of aliphatic carboxylic acids is 1. The van der Waals surface area contributed by atoms with Gasteiger partial charge in [-0.15, -0.1) is 0 Å². The van der Waals surface area contributed by atoms with Gasteiger partial charge >= 0.3 is 12.0 Å². The molecule has 0 fully saturated rings. The van der Waals surface area contributed by atoms with E-state index in [2.05, 4.69) is 20.6 Å². The van der Waals surface area contributed by atoms with E-state index in [9.17, 15) is 14.4 Å². The number of nitrogens with zero attached hydrogens (tertiary/aromatic N) is 2. The number of carboxylic acid groups (broad SMARTS) is 1. The topological polar surface area (TPSA) is 127 Å². The first-order valence-electron chi connectivity index (χ1n) is 5.86. The van der Waals surface area contributed by atoms with Crippen molar-refractivity contribution in [1.82, 2.24) is 25.5 Å². The highest BCUT2D eigenvalue weighted by Gasteiger charge is 2.23. The number of aromatic amines is 1. The lowest BCUT2D eigenvalue weighted by molar-refractivity contribution is -0.139. The molecule has 9 heteroatoms. The molecular formula is C11H17N5O4. The third kappa shape index (κ3) is 4.59. The molecule has 4 N–H and O–H groups in total. The number of carbonyl (C=O) groups is 3. The molecule has 0 aliphatic rings. The Kier molecular flexibility index (Phi) is 5.51. The van der Waals surface area contributed by atoms with Crippen LogP contribution in [0, 0.1) is 0 Å². The summed E-state index contributed by atoms with van der Waals surface area (Å²) in [7, 11) is 2.85. The van der Waals surface area contributed by atoms with Crippen molar-refractivity contribution in [3.05, 3.63) is 18.2 Å². The van der Waals surface area contributed by atoms with Gasteiger partial charge in [-0.3, -0.25) is 4.79 Å². The van der Waals surface area contributed by atoms with Crippen LogP contribution < -0.4 is 10.6 Å². The fourth-order valence-electron chi connectivity index (χ4n) is 1.44. The number of carboxylic acids is 1. The van der Waals surface area contributed by atoms with Gasteiger partial charge in [-0.25, -0.2) is 14.6 Å². The molecule has 0 aliphatic carbocycles. The molecule has 0 bridgehead atoms. The second kappa shape index (κ2) is 7.12. The molecule has 0 spiro atoms. The maximum atomic E-state index is 11.8. The molecule has 1 atom stereocenters. The fraction of sp³-hybridized carbons (Fsp3) is 0.455. The highest BCUT2D eigenvalue weighted by molar-refractivity contribution is 5.86. The molecule has 20 heavy (non-hydrogen) atoms. The van der Waals surface area contributed by atoms with Crippen molar-refractivity contribution in [2.24, 2.45) is 0 Å². The van der Waals surface area contributed by atoms with Gasteiger partial charge in [-0.05, 0) is 0 Å². The van der Waals surface area contributed by atoms with Crippen LogP contribution in [0.2, 0.25) is 0 Å². The third-order valence-electron chi connectivity index (χ3n) is 2.58. The number of H-pyrrole nitrogens is 1. The van der Waals surface area contributed by atoms with Gasteiger partial charge in [0.2, 0.25) is 5.91 Å². The molecule has 0 radical (unpaired) electrons. The summed E-state index contributed by atoms with van der Waals surface area (Å²) < 4.78 is 0. The molecule has 3 amide bonds. The molecule has 0 aromatic carbocycles. The maximum Gasteiger partial charge on any atom is 0.326 e. The van der Waals surface area contributed by atoms with E-state index in [0.717, 1.165) is 4.90 Å². The van der Waals surface area contributed by atoms with Crippen LogP contribution in [-0.4, -0.2) is 64.6 Å². The number of hydrogen-bond donors (Lipinski definition) is 4. The van der Waals surface area contributed by atoms with Crippen molar-refractivity contribution >= 4 is 17.9 Å². The first-order valence-corrected chi connectivity index (χ1v) is 5.86. The lowest BCUT2D eigenvalue weighted by atomic mass is 10.1. The van der Waals surface area contributed by atoms with Crippen LogP contribution in [0.5, 0.6) is 0 Å². The van der Waals surface area contributed by atoms with Crippen LogP contribution in [0.25, 0.3) is 0 Å². The van der Waals surface area contributed by atoms with Gasteiger partial charge in [-0.2, -0.15) is 0 Å². The quantitative estimate of drug-likeness (QED) is 0.521. The van der Waals surface area contributed by atoms with E-state index in [4.69, 9.17) is 5.11 Å². The van der Waals surface area contributed by atoms with E-state index >= 15 is 0 Å². The van der Waals surface area contributed by atoms with E-state index in [1.807, 2.05) is 0 Å². The van der Waals surface area contributed by atoms with E-state index in [1.165, 1.54) is 26.6 Å². The standard InChI is InChI=1S/C11H17N5O4/c1-12-9(17)5-16(2)11(20)15-8(10(18)19)3-7-4-13-6-14-7/h4,6,8H,3,5H2,1-2H3,(H,12,17)(H,13,14)(H,15,20)(H,18,19)/t8-/m1/s1. The summed E-state index contributed by atoms with van der Waals surface area (Å²) in [6, 6.07) is -1.74. The molecule has 0 saturated heterocycles. The monoisotopic (exact) mass is 283 g/mol. The molecule has 110 valence electrons. The minimum Gasteiger partial charge on any atom is -0.480 e. The normalized spacial score (nSPS) is 11.5. The number of hydrogen-bond acceptors (Lipinski definition) is 4. The van der Waals surface area contributed by atoms with Crippen molar-refractivity contribution < 1.29 is 19.5 Å². The largest absolute Gasteiger partial charge is 0.480 e. The van der Waals surface area contributed by atoms with Crippen LogP contribution in [0.4, 0.5) is 4.79 Å². The third-order valence-corrected chi connectivity index (χ3v) is 2.58. The Morgan fingerprint density at radius 2 is 2.20 bits per heavy atom. The van der Waals surface area contributed by atoms with Gasteiger partial charge in [0.15, 0.2) is 0 Å². The zero-order chi connectivity index (χ0) is 15.1. The number of likely N-dealkylation sites (N-methyl/N-ethyl adjacent to an activating group) is 2. The van der Waals surface area contributed by atoms with Crippen molar-refractivity contribution in [3.63, 3.8) is 0 Å². The highest BCUT2D eigenvalue weighted by atomic mass is 16.4. The number of carbonyl (C=O) groups excluding carboxylic acids is 2. The fourth-order valence-corrected chi connectivity index (χ4v) is 1.44. The Hall–Kier alpha value is -2.58. The average molecular weight is 283 g/mol. The van der Waals surface area contributed by atoms with E-state index in [0.29, 0.717) is 5.69 Å². The molecule has 1 rings (SSSR count). The summed E-state index contributed by atoms with van der Waals surface area (Å²) in [5, 5.41) is 13.8. The molecule has 0 aliphatic heterocycles. The van der Waals surface area contributed by atoms with E-state index in [-0.39, 0.29) is 18.9 Å². The Balaban J connectivity index is 2.59. The number of urea groups is 1. The Morgan fingerprint density at radius 3 is 2.70 bits per heavy atom. The Labute approximate surface area is 115 Å². The highest BCUT2D eigenvalue weighted by Crippen LogP contribution is 2.00. The average Bonchev–Trinajstić information content (AvgIpc) is 2.90. The number of rotatable bonds is 6. The molecule has 1 heterocycles. The van der Waals surface area contributed by atoms with Crippen LogP contribution in [-0.2, 0) is 16.0 Å². The molecule has 9 nitrogen and oxygen atoms in total. The first kappa shape index (κ1) is 15.5. The molecule has 0 saturated carbocycles. The lowest BCUT2D eigenvalue weighted by Gasteiger charge is -2.20. The van der Waals surface area contributed by atoms with Gasteiger partial charge in [-0.1, -0.05) is 0 Å². The Bertz CT molecular complexity index is 473. The van der Waals surface area contributed by atoms with Crippen LogP contribution in [0.3, 0.4) is 0 Å². The minimum absolute atomic E-state index is 0.0783. The maximum absolute atomic E-state index is 11.8. The summed E-state index contributed by atoms with van der Waals surface area (Å²) in [5.74, 6) is -1.51. The first-order chi connectivity index (χ1) is 9.43. The molecule has 1 aromatic heterocycles. The van der Waals surface area contributed by atoms with Gasteiger partial charge in [0.25, 0.3) is 0 Å². The van der Waals surface area contributed by atoms with Crippen LogP contribution in [0.15, 0.2) is 12.5 Å². The predicted molar refractivity (Wildman–Crippen MR) is 68.9 cm³/mol. The van der Waals surface area contributed by atoms with Crippen molar-refractivity contribution in [1.29, 1.82) is 0 Å².